The Morgan fingerprint density at radius 1 is 1.60 bits per heavy atom. The molecule has 0 radical (unpaired) electrons. The molecule has 0 aromatic carbocycles. The van der Waals surface area contributed by atoms with Crippen molar-refractivity contribution in [3.05, 3.63) is 0 Å². The molecule has 0 spiro atoms. The van der Waals surface area contributed by atoms with Crippen molar-refractivity contribution in [2.75, 3.05) is 26.1 Å². The summed E-state index contributed by atoms with van der Waals surface area (Å²) in [6.07, 6.45) is -4.44. The van der Waals surface area contributed by atoms with Crippen molar-refractivity contribution in [2.24, 2.45) is 0 Å². The first kappa shape index (κ1) is 12.6. The van der Waals surface area contributed by atoms with E-state index in [9.17, 15) is 19.5 Å². The van der Waals surface area contributed by atoms with Gasteiger partial charge < -0.3 is 35.1 Å². The molecule has 25 heavy (non-hydrogen) atoms. The fraction of sp³-hybridized carbons (Fsp3) is 0.786. The number of carbonyl (C=O) groups excluding carboxylic acids is 2. The molecule has 0 aromatic heterocycles. The second kappa shape index (κ2) is 7.69. The number of hydrogen-bond acceptors (Lipinski definition) is 8. The number of carbonyl (C=O) groups is 3. The van der Waals surface area contributed by atoms with E-state index < -0.39 is 56.1 Å². The number of aliphatic hydroxyl groups excluding tert-OH is 1. The van der Waals surface area contributed by atoms with E-state index in [1.165, 1.54) is 0 Å². The highest BCUT2D eigenvalue weighted by atomic mass is 16.7. The maximum atomic E-state index is 13.0. The molecule has 4 atom stereocenters. The largest absolute Gasteiger partial charge is 0.552 e. The minimum absolute atomic E-state index is 0.336. The number of aliphatic hydroxyl groups is 1. The van der Waals surface area contributed by atoms with E-state index in [2.05, 4.69) is 10.6 Å². The summed E-state index contributed by atoms with van der Waals surface area (Å²) >= 11 is 0. The number of likely N-dealkylation sites (tertiary alicyclic amines) is 1. The van der Waals surface area contributed by atoms with E-state index in [0.29, 0.717) is 24.4 Å². The van der Waals surface area contributed by atoms with Gasteiger partial charge in [0.15, 0.2) is 12.2 Å². The molecular weight excluding hydrogens is 333 g/mol. The Labute approximate surface area is 152 Å². The topological polar surface area (TPSA) is 137 Å². The average molecular weight is 360 g/mol. The van der Waals surface area contributed by atoms with Gasteiger partial charge in [-0.05, 0) is 25.8 Å². The molecule has 11 heteroatoms. The van der Waals surface area contributed by atoms with Crippen molar-refractivity contribution < 1.29 is 40.8 Å². The summed E-state index contributed by atoms with van der Waals surface area (Å²) < 4.78 is 51.1. The van der Waals surface area contributed by atoms with Crippen molar-refractivity contribution in [3.8, 4) is 0 Å². The van der Waals surface area contributed by atoms with E-state index in [1.807, 2.05) is 0 Å². The van der Waals surface area contributed by atoms with Gasteiger partial charge in [0.25, 0.3) is 0 Å². The number of carboxylic acid groups (broad SMARTS) is 1. The van der Waals surface area contributed by atoms with Gasteiger partial charge in [0.2, 0.25) is 5.91 Å². The van der Waals surface area contributed by atoms with Crippen LogP contribution in [0.25, 0.3) is 0 Å². The predicted octanol–water partition coefficient (Wildman–Crippen LogP) is -2.66. The van der Waals surface area contributed by atoms with E-state index in [1.54, 1.807) is 0 Å². The maximum absolute atomic E-state index is 13.0. The lowest BCUT2D eigenvalue weighted by Crippen LogP contribution is -2.50. The van der Waals surface area contributed by atoms with Crippen molar-refractivity contribution in [1.82, 2.24) is 15.5 Å². The highest BCUT2D eigenvalue weighted by molar-refractivity contribution is 6.51. The minimum atomic E-state index is -2.73. The number of nitrogens with one attached hydrogen (secondary N) is 2. The summed E-state index contributed by atoms with van der Waals surface area (Å²) in [7, 11) is -1.91. The molecule has 2 unspecified atom stereocenters. The summed E-state index contributed by atoms with van der Waals surface area (Å²) in [6.45, 7) is -4.16. The van der Waals surface area contributed by atoms with Crippen LogP contribution < -0.4 is 10.6 Å². The first-order valence-corrected chi connectivity index (χ1v) is 7.89. The quantitative estimate of drug-likeness (QED) is 0.374. The number of nitrogens with zero attached hydrogens (tertiary/aromatic N) is 1. The van der Waals surface area contributed by atoms with Crippen molar-refractivity contribution >= 4 is 25.0 Å². The first-order chi connectivity index (χ1) is 13.8. The molecule has 3 saturated heterocycles. The monoisotopic (exact) mass is 360 g/mol. The lowest BCUT2D eigenvalue weighted by molar-refractivity contribution is -0.157. The Morgan fingerprint density at radius 2 is 2.40 bits per heavy atom. The highest BCUT2D eigenvalue weighted by Crippen LogP contribution is 2.26. The molecular formula is C14H22BN3O7. The molecule has 3 aliphatic heterocycles. The Bertz CT molecular complexity index is 741. The van der Waals surface area contributed by atoms with Crippen molar-refractivity contribution in [2.45, 2.75) is 43.4 Å². The lowest BCUT2D eigenvalue weighted by Gasteiger charge is -2.26. The van der Waals surface area contributed by atoms with Crippen LogP contribution in [0.3, 0.4) is 0 Å². The molecule has 10 nitrogen and oxygen atoms in total. The van der Waals surface area contributed by atoms with E-state index in [-0.39, 0.29) is 18.9 Å². The van der Waals surface area contributed by atoms with Crippen LogP contribution in [0, 0.1) is 0 Å². The number of amides is 1. The zero-order valence-corrected chi connectivity index (χ0v) is 13.2. The molecule has 3 aliphatic rings. The van der Waals surface area contributed by atoms with Gasteiger partial charge >= 0.3 is 19.1 Å². The van der Waals surface area contributed by atoms with Gasteiger partial charge in [0.1, 0.15) is 0 Å². The van der Waals surface area contributed by atoms with Crippen LogP contribution >= 0.6 is 0 Å². The summed E-state index contributed by atoms with van der Waals surface area (Å²) in [5.41, 5.74) is 0. The second-order valence-electron chi connectivity index (χ2n) is 5.86. The fourth-order valence-corrected chi connectivity index (χ4v) is 2.80. The SMILES string of the molecule is [2H]C([2H])(N[C@@H]1CCNC1)C(=O)N1C([2H])([2H])CC[C@@]1([2H])B1OC(=O)C(C(O)C(=O)O)O1. The number of rotatable bonds is 6. The molecule has 1 amide bonds. The molecule has 0 saturated carbocycles. The van der Waals surface area contributed by atoms with Crippen molar-refractivity contribution in [3.63, 3.8) is 0 Å². The standard InChI is InChI=1S/C14H22BN3O7/c19-10(7-17-8-3-4-16-6-8)18-5-1-2-9(18)15-24-12(14(23)25-15)11(20)13(21)22/h8-9,11-12,16-17,20H,1-7H2,(H,21,22)/t8-,9+,11?,12?/m1/s1/i5D2,7D2,9D. The first-order valence-electron chi connectivity index (χ1n) is 10.4. The van der Waals surface area contributed by atoms with Gasteiger partial charge in [0, 0.05) is 21.8 Å². The van der Waals surface area contributed by atoms with Crippen LogP contribution in [-0.4, -0.2) is 90.3 Å². The molecule has 138 valence electrons. The molecule has 3 fully saturated rings. The molecule has 4 N–H and O–H groups in total. The van der Waals surface area contributed by atoms with Gasteiger partial charge in [0.05, 0.1) is 16.5 Å². The minimum Gasteiger partial charge on any atom is -0.506 e. The van der Waals surface area contributed by atoms with Crippen LogP contribution in [0.5, 0.6) is 0 Å². The molecule has 3 heterocycles. The Balaban J connectivity index is 1.85. The maximum Gasteiger partial charge on any atom is 0.552 e. The normalized spacial score (nSPS) is 39.1. The summed E-state index contributed by atoms with van der Waals surface area (Å²) in [5.74, 6) is -6.79. The third-order valence-electron chi connectivity index (χ3n) is 4.12. The molecule has 3 rings (SSSR count). The molecule has 0 aromatic rings. The zero-order valence-electron chi connectivity index (χ0n) is 18.2. The molecule has 0 aliphatic carbocycles. The van der Waals surface area contributed by atoms with Crippen LogP contribution in [0.15, 0.2) is 0 Å². The van der Waals surface area contributed by atoms with Crippen LogP contribution in [-0.2, 0) is 23.7 Å². The van der Waals surface area contributed by atoms with Gasteiger partial charge in [-0.1, -0.05) is 0 Å². The van der Waals surface area contributed by atoms with Crippen molar-refractivity contribution in [1.29, 1.82) is 0 Å². The number of carboxylic acids is 1. The van der Waals surface area contributed by atoms with Crippen LogP contribution in [0.1, 0.15) is 26.1 Å². The third-order valence-corrected chi connectivity index (χ3v) is 4.12. The van der Waals surface area contributed by atoms with E-state index in [0.717, 1.165) is 0 Å². The summed E-state index contributed by atoms with van der Waals surface area (Å²) in [4.78, 5) is 36.2. The van der Waals surface area contributed by atoms with Gasteiger partial charge in [-0.3, -0.25) is 9.59 Å². The van der Waals surface area contributed by atoms with E-state index in [4.69, 9.17) is 21.3 Å². The number of hydrogen-bond donors (Lipinski definition) is 4. The Kier molecular flexibility index (Phi) is 3.88. The van der Waals surface area contributed by atoms with Crippen LogP contribution in [0.4, 0.5) is 0 Å². The van der Waals surface area contributed by atoms with Gasteiger partial charge in [-0.25, -0.2) is 4.79 Å². The Hall–Kier alpha value is -1.69. The Morgan fingerprint density at radius 3 is 3.08 bits per heavy atom. The average Bonchev–Trinajstić information content (AvgIpc) is 3.33. The third kappa shape index (κ3) is 3.95. The van der Waals surface area contributed by atoms with Gasteiger partial charge in [-0.2, -0.15) is 0 Å². The zero-order chi connectivity index (χ0) is 22.5. The van der Waals surface area contributed by atoms with E-state index >= 15 is 0 Å². The highest BCUT2D eigenvalue weighted by Gasteiger charge is 2.53. The second-order valence-corrected chi connectivity index (χ2v) is 5.86. The van der Waals surface area contributed by atoms with Gasteiger partial charge in [-0.15, -0.1) is 0 Å². The lowest BCUT2D eigenvalue weighted by atomic mass is 9.77. The fourth-order valence-electron chi connectivity index (χ4n) is 2.80. The molecule has 0 bridgehead atoms. The summed E-state index contributed by atoms with van der Waals surface area (Å²) in [6, 6.07) is -0.381. The summed E-state index contributed by atoms with van der Waals surface area (Å²) in [5, 5.41) is 24.0. The smallest absolute Gasteiger partial charge is 0.506 e. The van der Waals surface area contributed by atoms with Crippen LogP contribution in [0.2, 0.25) is 0 Å². The predicted molar refractivity (Wildman–Crippen MR) is 84.4 cm³/mol. The number of aliphatic carboxylic acids is 1.